The Balaban J connectivity index is 1.45. The molecule has 3 aromatic carbocycles. The molecule has 0 radical (unpaired) electrons. The van der Waals surface area contributed by atoms with Crippen molar-refractivity contribution in [2.24, 2.45) is 0 Å². The molecule has 1 amide bonds. The Morgan fingerprint density at radius 2 is 1.44 bits per heavy atom. The standard InChI is InChI=1S/C26H29N3O3/c1-31-22-12-8-20(9-13-22)27-25-7-4-3-6-24(25)26(30)29-17-5-16-28(18-19-29)21-10-14-23(32-2)15-11-21/h3-4,6-15,27H,5,16-19H2,1-2H3. The van der Waals surface area contributed by atoms with E-state index in [4.69, 9.17) is 9.47 Å². The highest BCUT2D eigenvalue weighted by Crippen LogP contribution is 2.25. The van der Waals surface area contributed by atoms with Crippen LogP contribution in [0.2, 0.25) is 0 Å². The van der Waals surface area contributed by atoms with Crippen molar-refractivity contribution in [2.45, 2.75) is 6.42 Å². The maximum atomic E-state index is 13.4. The number of carbonyl (C=O) groups is 1. The highest BCUT2D eigenvalue weighted by Gasteiger charge is 2.22. The van der Waals surface area contributed by atoms with E-state index in [0.717, 1.165) is 54.6 Å². The van der Waals surface area contributed by atoms with Gasteiger partial charge >= 0.3 is 0 Å². The van der Waals surface area contributed by atoms with E-state index in [1.807, 2.05) is 65.6 Å². The largest absolute Gasteiger partial charge is 0.497 e. The maximum Gasteiger partial charge on any atom is 0.256 e. The summed E-state index contributed by atoms with van der Waals surface area (Å²) in [6.07, 6.45) is 0.922. The Hall–Kier alpha value is -3.67. The van der Waals surface area contributed by atoms with Gasteiger partial charge in [0.15, 0.2) is 0 Å². The zero-order valence-corrected chi connectivity index (χ0v) is 18.6. The second kappa shape index (κ2) is 10.1. The normalized spacial score (nSPS) is 13.9. The fourth-order valence-electron chi connectivity index (χ4n) is 3.95. The SMILES string of the molecule is COc1ccc(Nc2ccccc2C(=O)N2CCCN(c3ccc(OC)cc3)CC2)cc1. The predicted molar refractivity (Wildman–Crippen MR) is 128 cm³/mol. The van der Waals surface area contributed by atoms with Crippen LogP contribution in [0.3, 0.4) is 0 Å². The van der Waals surface area contributed by atoms with Crippen molar-refractivity contribution in [2.75, 3.05) is 50.6 Å². The van der Waals surface area contributed by atoms with Gasteiger partial charge in [0, 0.05) is 37.6 Å². The molecule has 0 spiro atoms. The van der Waals surface area contributed by atoms with Gasteiger partial charge in [-0.1, -0.05) is 12.1 Å². The lowest BCUT2D eigenvalue weighted by Gasteiger charge is -2.24. The molecule has 6 heteroatoms. The number of nitrogens with one attached hydrogen (secondary N) is 1. The number of amides is 1. The molecule has 32 heavy (non-hydrogen) atoms. The Morgan fingerprint density at radius 1 is 0.781 bits per heavy atom. The summed E-state index contributed by atoms with van der Waals surface area (Å²) < 4.78 is 10.5. The van der Waals surface area contributed by atoms with E-state index in [2.05, 4.69) is 22.3 Å². The summed E-state index contributed by atoms with van der Waals surface area (Å²) in [4.78, 5) is 17.7. The molecule has 1 aliphatic heterocycles. The van der Waals surface area contributed by atoms with E-state index >= 15 is 0 Å². The number of rotatable bonds is 6. The third-order valence-corrected chi connectivity index (χ3v) is 5.75. The predicted octanol–water partition coefficient (Wildman–Crippen LogP) is 4.80. The molecule has 6 nitrogen and oxygen atoms in total. The van der Waals surface area contributed by atoms with Crippen molar-refractivity contribution < 1.29 is 14.3 Å². The first-order chi connectivity index (χ1) is 15.7. The summed E-state index contributed by atoms with van der Waals surface area (Å²) in [6.45, 7) is 3.14. The van der Waals surface area contributed by atoms with Crippen LogP contribution < -0.4 is 19.7 Å². The first-order valence-corrected chi connectivity index (χ1v) is 10.9. The van der Waals surface area contributed by atoms with Crippen molar-refractivity contribution in [1.29, 1.82) is 0 Å². The summed E-state index contributed by atoms with van der Waals surface area (Å²) in [6, 6.07) is 23.5. The zero-order valence-electron chi connectivity index (χ0n) is 18.6. The van der Waals surface area contributed by atoms with E-state index in [0.29, 0.717) is 12.1 Å². The second-order valence-electron chi connectivity index (χ2n) is 7.73. The fraction of sp³-hybridized carbons (Fsp3) is 0.269. The topological polar surface area (TPSA) is 54.0 Å². The van der Waals surface area contributed by atoms with E-state index in [9.17, 15) is 4.79 Å². The summed E-state index contributed by atoms with van der Waals surface area (Å²) >= 11 is 0. The Kier molecular flexibility index (Phi) is 6.80. The summed E-state index contributed by atoms with van der Waals surface area (Å²) in [5.74, 6) is 1.70. The third kappa shape index (κ3) is 4.97. The van der Waals surface area contributed by atoms with Crippen LogP contribution in [0.15, 0.2) is 72.8 Å². The number of hydrogen-bond acceptors (Lipinski definition) is 5. The van der Waals surface area contributed by atoms with Crippen molar-refractivity contribution in [3.05, 3.63) is 78.4 Å². The molecule has 1 aliphatic rings. The van der Waals surface area contributed by atoms with Gasteiger partial charge in [-0.25, -0.2) is 0 Å². The van der Waals surface area contributed by atoms with Crippen LogP contribution in [-0.2, 0) is 0 Å². The number of carbonyl (C=O) groups excluding carboxylic acids is 1. The molecular formula is C26H29N3O3. The molecule has 1 saturated heterocycles. The highest BCUT2D eigenvalue weighted by atomic mass is 16.5. The van der Waals surface area contributed by atoms with Crippen molar-refractivity contribution >= 4 is 23.0 Å². The molecule has 4 rings (SSSR count). The molecule has 0 aromatic heterocycles. The van der Waals surface area contributed by atoms with Gasteiger partial charge in [0.05, 0.1) is 25.5 Å². The van der Waals surface area contributed by atoms with E-state index in [1.54, 1.807) is 14.2 Å². The maximum absolute atomic E-state index is 13.4. The quantitative estimate of drug-likeness (QED) is 0.608. The number of nitrogens with zero attached hydrogens (tertiary/aromatic N) is 2. The summed E-state index contributed by atoms with van der Waals surface area (Å²) in [5, 5.41) is 3.38. The number of para-hydroxylation sites is 1. The molecule has 0 bridgehead atoms. The van der Waals surface area contributed by atoms with Gasteiger partial charge in [-0.3, -0.25) is 4.79 Å². The smallest absolute Gasteiger partial charge is 0.256 e. The number of methoxy groups -OCH3 is 2. The van der Waals surface area contributed by atoms with Crippen LogP contribution in [0.4, 0.5) is 17.1 Å². The van der Waals surface area contributed by atoms with Gasteiger partial charge in [-0.2, -0.15) is 0 Å². The molecule has 3 aromatic rings. The third-order valence-electron chi connectivity index (χ3n) is 5.75. The number of ether oxygens (including phenoxy) is 2. The Bertz CT molecular complexity index is 1030. The van der Waals surface area contributed by atoms with Gasteiger partial charge in [-0.05, 0) is 67.1 Å². The average molecular weight is 432 g/mol. The van der Waals surface area contributed by atoms with Crippen molar-refractivity contribution in [1.82, 2.24) is 4.90 Å². The van der Waals surface area contributed by atoms with Crippen LogP contribution >= 0.6 is 0 Å². The van der Waals surface area contributed by atoms with Gasteiger partial charge in [0.1, 0.15) is 11.5 Å². The monoisotopic (exact) mass is 431 g/mol. The van der Waals surface area contributed by atoms with Crippen molar-refractivity contribution in [3.63, 3.8) is 0 Å². The van der Waals surface area contributed by atoms with Crippen LogP contribution in [0.25, 0.3) is 0 Å². The van der Waals surface area contributed by atoms with E-state index in [1.165, 1.54) is 0 Å². The molecule has 0 unspecified atom stereocenters. The van der Waals surface area contributed by atoms with E-state index in [-0.39, 0.29) is 5.91 Å². The first kappa shape index (κ1) is 21.6. The molecular weight excluding hydrogens is 402 g/mol. The van der Waals surface area contributed by atoms with Crippen LogP contribution in [0.5, 0.6) is 11.5 Å². The highest BCUT2D eigenvalue weighted by molar-refractivity contribution is 6.00. The minimum Gasteiger partial charge on any atom is -0.497 e. The summed E-state index contributed by atoms with van der Waals surface area (Å²) in [7, 11) is 3.32. The molecule has 0 saturated carbocycles. The first-order valence-electron chi connectivity index (χ1n) is 10.9. The van der Waals surface area contributed by atoms with Gasteiger partial charge in [-0.15, -0.1) is 0 Å². The summed E-state index contributed by atoms with van der Waals surface area (Å²) in [5.41, 5.74) is 3.55. The number of anilines is 3. The van der Waals surface area contributed by atoms with Gasteiger partial charge in [0.25, 0.3) is 5.91 Å². The molecule has 0 aliphatic carbocycles. The lowest BCUT2D eigenvalue weighted by atomic mass is 10.1. The van der Waals surface area contributed by atoms with E-state index < -0.39 is 0 Å². The van der Waals surface area contributed by atoms with Crippen LogP contribution in [0, 0.1) is 0 Å². The van der Waals surface area contributed by atoms with Gasteiger partial charge in [0.2, 0.25) is 0 Å². The molecule has 1 fully saturated rings. The Morgan fingerprint density at radius 3 is 2.12 bits per heavy atom. The second-order valence-corrected chi connectivity index (χ2v) is 7.73. The number of benzene rings is 3. The van der Waals surface area contributed by atoms with Crippen molar-refractivity contribution in [3.8, 4) is 11.5 Å². The lowest BCUT2D eigenvalue weighted by molar-refractivity contribution is 0.0768. The average Bonchev–Trinajstić information content (AvgIpc) is 3.11. The molecule has 0 atom stereocenters. The minimum atomic E-state index is 0.0539. The zero-order chi connectivity index (χ0) is 22.3. The molecule has 1 heterocycles. The fourth-order valence-corrected chi connectivity index (χ4v) is 3.95. The van der Waals surface area contributed by atoms with Gasteiger partial charge < -0.3 is 24.6 Å². The Labute approximate surface area is 189 Å². The van der Waals surface area contributed by atoms with Crippen LogP contribution in [0.1, 0.15) is 16.8 Å². The lowest BCUT2D eigenvalue weighted by Crippen LogP contribution is -2.35. The minimum absolute atomic E-state index is 0.0539. The molecule has 1 N–H and O–H groups in total. The van der Waals surface area contributed by atoms with Crippen LogP contribution in [-0.4, -0.2) is 51.2 Å². The number of hydrogen-bond donors (Lipinski definition) is 1. The molecule has 166 valence electrons.